The lowest BCUT2D eigenvalue weighted by Crippen LogP contribution is -2.17. The summed E-state index contributed by atoms with van der Waals surface area (Å²) >= 11 is 5.86. The average Bonchev–Trinajstić information content (AvgIpc) is 2.45. The molecule has 0 aliphatic carbocycles. The Balaban J connectivity index is 2.24. The van der Waals surface area contributed by atoms with Crippen molar-refractivity contribution in [2.75, 3.05) is 0 Å². The number of benzene rings is 2. The van der Waals surface area contributed by atoms with Crippen molar-refractivity contribution in [1.82, 2.24) is 0 Å². The second-order valence-corrected chi connectivity index (χ2v) is 5.40. The van der Waals surface area contributed by atoms with Crippen LogP contribution in [0.25, 0.3) is 0 Å². The molecule has 0 radical (unpaired) electrons. The van der Waals surface area contributed by atoms with E-state index in [4.69, 9.17) is 21.4 Å². The summed E-state index contributed by atoms with van der Waals surface area (Å²) in [6.45, 7) is 0.988. The lowest BCUT2D eigenvalue weighted by Gasteiger charge is -2.18. The monoisotopic (exact) mass is 362 g/mol. The Morgan fingerprint density at radius 3 is 2.25 bits per heavy atom. The summed E-state index contributed by atoms with van der Waals surface area (Å²) in [6, 6.07) is 6.75. The zero-order valence-electron chi connectivity index (χ0n) is 12.2. The highest BCUT2D eigenvalue weighted by Gasteiger charge is 2.38. The lowest BCUT2D eigenvalue weighted by molar-refractivity contribution is -0.146. The van der Waals surface area contributed by atoms with Gasteiger partial charge in [-0.05, 0) is 36.8 Å². The fourth-order valence-corrected chi connectivity index (χ4v) is 2.30. The molecule has 0 aliphatic heterocycles. The summed E-state index contributed by atoms with van der Waals surface area (Å²) in [5.41, 5.74) is -0.626. The van der Waals surface area contributed by atoms with Gasteiger partial charge < -0.3 is 9.84 Å². The predicted octanol–water partition coefficient (Wildman–Crippen LogP) is 5.64. The molecule has 0 spiro atoms. The summed E-state index contributed by atoms with van der Waals surface area (Å²) in [5.74, 6) is -4.07. The molecule has 0 aliphatic rings. The van der Waals surface area contributed by atoms with E-state index in [1.807, 2.05) is 0 Å². The SMILES string of the molecule is C[C@@H](c1ccc(Oc2ccc(C(=O)O)c(F)c2)cc1Cl)C(F)(F)F. The van der Waals surface area contributed by atoms with Gasteiger partial charge in [0.15, 0.2) is 0 Å². The van der Waals surface area contributed by atoms with Crippen molar-refractivity contribution < 1.29 is 32.2 Å². The molecule has 0 heterocycles. The summed E-state index contributed by atoms with van der Waals surface area (Å²) in [6.07, 6.45) is -4.43. The Labute approximate surface area is 139 Å². The van der Waals surface area contributed by atoms with E-state index in [0.717, 1.165) is 19.1 Å². The van der Waals surface area contributed by atoms with E-state index in [9.17, 15) is 22.4 Å². The van der Waals surface area contributed by atoms with Crippen LogP contribution in [0.15, 0.2) is 36.4 Å². The molecule has 128 valence electrons. The second kappa shape index (κ2) is 6.68. The van der Waals surface area contributed by atoms with Crippen LogP contribution in [-0.2, 0) is 0 Å². The third-order valence-electron chi connectivity index (χ3n) is 3.34. The van der Waals surface area contributed by atoms with Gasteiger partial charge in [0.05, 0.1) is 11.5 Å². The smallest absolute Gasteiger partial charge is 0.395 e. The Bertz CT molecular complexity index is 774. The van der Waals surface area contributed by atoms with Gasteiger partial charge >= 0.3 is 12.1 Å². The average molecular weight is 363 g/mol. The Morgan fingerprint density at radius 2 is 1.75 bits per heavy atom. The zero-order chi connectivity index (χ0) is 18.1. The van der Waals surface area contributed by atoms with Gasteiger partial charge in [-0.3, -0.25) is 0 Å². The highest BCUT2D eigenvalue weighted by molar-refractivity contribution is 6.31. The van der Waals surface area contributed by atoms with Crippen LogP contribution in [0.3, 0.4) is 0 Å². The minimum absolute atomic E-state index is 0.00909. The molecule has 0 bridgehead atoms. The van der Waals surface area contributed by atoms with Crippen LogP contribution in [0, 0.1) is 5.82 Å². The number of aromatic carboxylic acids is 1. The topological polar surface area (TPSA) is 46.5 Å². The van der Waals surface area contributed by atoms with Gasteiger partial charge in [-0.25, -0.2) is 9.18 Å². The number of alkyl halides is 3. The van der Waals surface area contributed by atoms with Gasteiger partial charge in [-0.2, -0.15) is 13.2 Å². The first-order valence-electron chi connectivity index (χ1n) is 6.66. The van der Waals surface area contributed by atoms with Crippen LogP contribution < -0.4 is 4.74 Å². The third kappa shape index (κ3) is 3.97. The molecule has 0 unspecified atom stereocenters. The number of hydrogen-bond donors (Lipinski definition) is 1. The van der Waals surface area contributed by atoms with Crippen LogP contribution in [0.1, 0.15) is 28.8 Å². The molecule has 1 N–H and O–H groups in total. The van der Waals surface area contributed by atoms with Gasteiger partial charge in [0.25, 0.3) is 0 Å². The summed E-state index contributed by atoms with van der Waals surface area (Å²) in [5, 5.41) is 8.60. The second-order valence-electron chi connectivity index (χ2n) is 5.00. The number of carbonyl (C=O) groups is 1. The molecule has 0 saturated carbocycles. The number of ether oxygens (including phenoxy) is 1. The summed E-state index contributed by atoms with van der Waals surface area (Å²) < 4.78 is 57.1. The number of carboxylic acid groups (broad SMARTS) is 1. The Hall–Kier alpha value is -2.28. The maximum absolute atomic E-state index is 13.6. The molecule has 0 aromatic heterocycles. The minimum Gasteiger partial charge on any atom is -0.478 e. The van der Waals surface area contributed by atoms with Crippen molar-refractivity contribution in [1.29, 1.82) is 0 Å². The van der Waals surface area contributed by atoms with E-state index in [2.05, 4.69) is 0 Å². The van der Waals surface area contributed by atoms with Crippen LogP contribution >= 0.6 is 11.6 Å². The van der Waals surface area contributed by atoms with Crippen LogP contribution in [0.4, 0.5) is 17.6 Å². The molecule has 3 nitrogen and oxygen atoms in total. The molecule has 0 saturated heterocycles. The number of rotatable bonds is 4. The van der Waals surface area contributed by atoms with Crippen molar-refractivity contribution in [3.8, 4) is 11.5 Å². The minimum atomic E-state index is -4.43. The number of halogens is 5. The fraction of sp³-hybridized carbons (Fsp3) is 0.188. The van der Waals surface area contributed by atoms with Crippen molar-refractivity contribution in [2.45, 2.75) is 19.0 Å². The van der Waals surface area contributed by atoms with E-state index >= 15 is 0 Å². The van der Waals surface area contributed by atoms with Gasteiger partial charge in [0.1, 0.15) is 17.3 Å². The largest absolute Gasteiger partial charge is 0.478 e. The zero-order valence-corrected chi connectivity index (χ0v) is 13.0. The Kier molecular flexibility index (Phi) is 5.03. The lowest BCUT2D eigenvalue weighted by atomic mass is 10.0. The summed E-state index contributed by atoms with van der Waals surface area (Å²) in [7, 11) is 0. The predicted molar refractivity (Wildman–Crippen MR) is 79.4 cm³/mol. The van der Waals surface area contributed by atoms with Gasteiger partial charge in [0, 0.05) is 11.1 Å². The standard InChI is InChI=1S/C16H11ClF4O3/c1-8(16(19,20)21)11-4-2-9(6-13(11)17)24-10-3-5-12(15(22)23)14(18)7-10/h2-8H,1H3,(H,22,23)/t8-/m0/s1. The number of hydrogen-bond acceptors (Lipinski definition) is 2. The fourth-order valence-electron chi connectivity index (χ4n) is 1.97. The van der Waals surface area contributed by atoms with Crippen molar-refractivity contribution in [3.05, 3.63) is 58.4 Å². The van der Waals surface area contributed by atoms with Gasteiger partial charge in [-0.1, -0.05) is 17.7 Å². The van der Waals surface area contributed by atoms with E-state index in [1.165, 1.54) is 24.3 Å². The highest BCUT2D eigenvalue weighted by atomic mass is 35.5. The first-order valence-corrected chi connectivity index (χ1v) is 7.04. The molecule has 24 heavy (non-hydrogen) atoms. The van der Waals surface area contributed by atoms with Crippen molar-refractivity contribution in [2.24, 2.45) is 0 Å². The summed E-state index contributed by atoms with van der Waals surface area (Å²) in [4.78, 5) is 10.7. The molecule has 2 aromatic rings. The van der Waals surface area contributed by atoms with Crippen LogP contribution in [0.5, 0.6) is 11.5 Å². The van der Waals surface area contributed by atoms with Crippen molar-refractivity contribution >= 4 is 17.6 Å². The maximum atomic E-state index is 13.6. The van der Waals surface area contributed by atoms with Crippen molar-refractivity contribution in [3.63, 3.8) is 0 Å². The molecular formula is C16H11ClF4O3. The van der Waals surface area contributed by atoms with Crippen LogP contribution in [0.2, 0.25) is 5.02 Å². The van der Waals surface area contributed by atoms with Gasteiger partial charge in [0.2, 0.25) is 0 Å². The highest BCUT2D eigenvalue weighted by Crippen LogP contribution is 2.39. The molecule has 8 heteroatoms. The number of carboxylic acids is 1. The van der Waals surface area contributed by atoms with E-state index in [1.54, 1.807) is 0 Å². The third-order valence-corrected chi connectivity index (χ3v) is 3.66. The molecule has 2 rings (SSSR count). The molecular weight excluding hydrogens is 352 g/mol. The van der Waals surface area contributed by atoms with E-state index < -0.39 is 29.4 Å². The van der Waals surface area contributed by atoms with Crippen LogP contribution in [-0.4, -0.2) is 17.3 Å². The van der Waals surface area contributed by atoms with E-state index in [-0.39, 0.29) is 22.1 Å². The first-order chi connectivity index (χ1) is 11.1. The molecule has 1 atom stereocenters. The first kappa shape index (κ1) is 18.1. The Morgan fingerprint density at radius 1 is 1.17 bits per heavy atom. The maximum Gasteiger partial charge on any atom is 0.395 e. The quantitative estimate of drug-likeness (QED) is 0.716. The molecule has 0 fully saturated rings. The van der Waals surface area contributed by atoms with E-state index in [0.29, 0.717) is 0 Å². The molecule has 0 amide bonds. The van der Waals surface area contributed by atoms with Gasteiger partial charge in [-0.15, -0.1) is 0 Å². The normalized spacial score (nSPS) is 12.8. The molecule has 2 aromatic carbocycles.